The Balaban J connectivity index is 3.01. The molecule has 6 heteroatoms. The third-order valence-electron chi connectivity index (χ3n) is 2.64. The zero-order valence-corrected chi connectivity index (χ0v) is 11.8. The van der Waals surface area contributed by atoms with Crippen LogP contribution in [0.25, 0.3) is 0 Å². The molecule has 0 radical (unpaired) electrons. The maximum atomic E-state index is 12.1. The number of ether oxygens (including phenoxy) is 2. The lowest BCUT2D eigenvalue weighted by Gasteiger charge is -2.18. The maximum absolute atomic E-state index is 12.1. The Kier molecular flexibility index (Phi) is 6.52. The summed E-state index contributed by atoms with van der Waals surface area (Å²) in [6.45, 7) is 7.30. The lowest BCUT2D eigenvalue weighted by Crippen LogP contribution is -2.42. The molecule has 0 spiro atoms. The van der Waals surface area contributed by atoms with E-state index in [1.54, 1.807) is 0 Å². The number of aromatic nitrogens is 2. The average molecular weight is 270 g/mol. The molecular weight excluding hydrogens is 248 g/mol. The Morgan fingerprint density at radius 2 is 1.79 bits per heavy atom. The molecule has 1 heterocycles. The number of hydrogen-bond donors (Lipinski definition) is 0. The third kappa shape index (κ3) is 4.33. The molecule has 0 N–H and O–H groups in total. The zero-order valence-electron chi connectivity index (χ0n) is 11.8. The summed E-state index contributed by atoms with van der Waals surface area (Å²) < 4.78 is 13.4. The Hall–Kier alpha value is -1.40. The van der Waals surface area contributed by atoms with Crippen molar-refractivity contribution in [2.24, 2.45) is 0 Å². The molecule has 0 bridgehead atoms. The molecule has 0 aliphatic carbocycles. The van der Waals surface area contributed by atoms with Gasteiger partial charge in [-0.2, -0.15) is 0 Å². The molecule has 0 saturated carbocycles. The van der Waals surface area contributed by atoms with Crippen molar-refractivity contribution in [3.05, 3.63) is 33.1 Å². The van der Waals surface area contributed by atoms with Crippen LogP contribution in [-0.4, -0.2) is 28.6 Å². The van der Waals surface area contributed by atoms with Crippen LogP contribution in [0.15, 0.2) is 21.9 Å². The van der Waals surface area contributed by atoms with Crippen LogP contribution in [0, 0.1) is 0 Å². The minimum absolute atomic E-state index is 0.115. The molecule has 0 aromatic carbocycles. The highest BCUT2D eigenvalue weighted by atomic mass is 16.7. The van der Waals surface area contributed by atoms with Crippen molar-refractivity contribution in [2.75, 3.05) is 13.2 Å². The second-order valence-electron chi connectivity index (χ2n) is 4.08. The monoisotopic (exact) mass is 270 g/mol. The summed E-state index contributed by atoms with van der Waals surface area (Å²) >= 11 is 0. The summed E-state index contributed by atoms with van der Waals surface area (Å²) in [5, 5.41) is 0. The Morgan fingerprint density at radius 1 is 1.16 bits per heavy atom. The molecule has 0 unspecified atom stereocenters. The van der Waals surface area contributed by atoms with Gasteiger partial charge < -0.3 is 14.0 Å². The van der Waals surface area contributed by atoms with Gasteiger partial charge in [0, 0.05) is 32.0 Å². The van der Waals surface area contributed by atoms with Crippen LogP contribution in [0.1, 0.15) is 27.2 Å². The van der Waals surface area contributed by atoms with E-state index in [1.165, 1.54) is 16.8 Å². The summed E-state index contributed by atoms with van der Waals surface area (Å²) in [4.78, 5) is 23.9. The fourth-order valence-corrected chi connectivity index (χ4v) is 1.81. The molecule has 1 rings (SSSR count). The van der Waals surface area contributed by atoms with Gasteiger partial charge in [0.25, 0.3) is 5.56 Å². The number of rotatable bonds is 8. The summed E-state index contributed by atoms with van der Waals surface area (Å²) in [7, 11) is 0. The van der Waals surface area contributed by atoms with E-state index in [4.69, 9.17) is 9.47 Å². The second-order valence-corrected chi connectivity index (χ2v) is 4.08. The van der Waals surface area contributed by atoms with Crippen LogP contribution in [0.4, 0.5) is 0 Å². The van der Waals surface area contributed by atoms with E-state index in [1.807, 2.05) is 20.8 Å². The average Bonchev–Trinajstić information content (AvgIpc) is 2.38. The minimum atomic E-state index is -0.571. The molecule has 0 aliphatic rings. The van der Waals surface area contributed by atoms with E-state index in [9.17, 15) is 9.59 Å². The topological polar surface area (TPSA) is 62.5 Å². The van der Waals surface area contributed by atoms with Gasteiger partial charge in [-0.05, 0) is 20.3 Å². The van der Waals surface area contributed by atoms with Gasteiger partial charge in [0.1, 0.15) is 0 Å². The quantitative estimate of drug-likeness (QED) is 0.656. The fourth-order valence-electron chi connectivity index (χ4n) is 1.81. The van der Waals surface area contributed by atoms with Crippen molar-refractivity contribution < 1.29 is 9.47 Å². The van der Waals surface area contributed by atoms with Gasteiger partial charge in [-0.1, -0.05) is 6.92 Å². The van der Waals surface area contributed by atoms with E-state index in [0.29, 0.717) is 19.8 Å². The SMILES string of the molecule is CCCn1ccc(=O)n(CC(OCC)OCC)c1=O. The first kappa shape index (κ1) is 15.7. The summed E-state index contributed by atoms with van der Waals surface area (Å²) in [5.74, 6) is 0. The molecule has 108 valence electrons. The van der Waals surface area contributed by atoms with E-state index < -0.39 is 6.29 Å². The van der Waals surface area contributed by atoms with Crippen LogP contribution in [0.3, 0.4) is 0 Å². The van der Waals surface area contributed by atoms with E-state index in [-0.39, 0.29) is 17.8 Å². The van der Waals surface area contributed by atoms with Crippen LogP contribution in [0.5, 0.6) is 0 Å². The zero-order chi connectivity index (χ0) is 14.3. The van der Waals surface area contributed by atoms with Crippen molar-refractivity contribution in [1.82, 2.24) is 9.13 Å². The fraction of sp³-hybridized carbons (Fsp3) is 0.692. The predicted molar refractivity (Wildman–Crippen MR) is 72.3 cm³/mol. The highest BCUT2D eigenvalue weighted by Crippen LogP contribution is 1.97. The predicted octanol–water partition coefficient (Wildman–Crippen LogP) is 0.819. The largest absolute Gasteiger partial charge is 0.351 e. The minimum Gasteiger partial charge on any atom is -0.351 e. The first-order valence-corrected chi connectivity index (χ1v) is 6.67. The van der Waals surface area contributed by atoms with E-state index >= 15 is 0 Å². The lowest BCUT2D eigenvalue weighted by molar-refractivity contribution is -0.144. The molecule has 1 aromatic rings. The second kappa shape index (κ2) is 7.91. The van der Waals surface area contributed by atoms with Crippen LogP contribution in [-0.2, 0) is 22.6 Å². The summed E-state index contributed by atoms with van der Waals surface area (Å²) in [5.41, 5.74) is -0.652. The molecule has 0 atom stereocenters. The molecule has 0 aliphatic heterocycles. The smallest absolute Gasteiger partial charge is 0.331 e. The van der Waals surface area contributed by atoms with Gasteiger partial charge in [0.15, 0.2) is 6.29 Å². The van der Waals surface area contributed by atoms with Crippen LogP contribution >= 0.6 is 0 Å². The van der Waals surface area contributed by atoms with Crippen LogP contribution in [0.2, 0.25) is 0 Å². The van der Waals surface area contributed by atoms with Gasteiger partial charge in [-0.25, -0.2) is 4.79 Å². The third-order valence-corrected chi connectivity index (χ3v) is 2.64. The number of hydrogen-bond acceptors (Lipinski definition) is 4. The maximum Gasteiger partial charge on any atom is 0.331 e. The van der Waals surface area contributed by atoms with Gasteiger partial charge in [0.2, 0.25) is 0 Å². The van der Waals surface area contributed by atoms with Crippen LogP contribution < -0.4 is 11.2 Å². The highest BCUT2D eigenvalue weighted by Gasteiger charge is 2.13. The molecule has 19 heavy (non-hydrogen) atoms. The molecule has 0 amide bonds. The molecule has 6 nitrogen and oxygen atoms in total. The molecule has 0 fully saturated rings. The van der Waals surface area contributed by atoms with Crippen molar-refractivity contribution in [3.63, 3.8) is 0 Å². The van der Waals surface area contributed by atoms with Crippen molar-refractivity contribution in [2.45, 2.75) is 46.6 Å². The molecule has 0 saturated heterocycles. The van der Waals surface area contributed by atoms with E-state index in [2.05, 4.69) is 0 Å². The summed E-state index contributed by atoms with van der Waals surface area (Å²) in [6.07, 6.45) is 1.79. The Bertz CT molecular complexity index is 486. The van der Waals surface area contributed by atoms with E-state index in [0.717, 1.165) is 11.0 Å². The lowest BCUT2D eigenvalue weighted by atomic mass is 10.4. The molecular formula is C13H22N2O4. The van der Waals surface area contributed by atoms with Gasteiger partial charge >= 0.3 is 5.69 Å². The number of nitrogens with zero attached hydrogens (tertiary/aromatic N) is 2. The number of aryl methyl sites for hydroxylation is 1. The standard InChI is InChI=1S/C13H22N2O4/c1-4-8-14-9-7-11(16)15(13(14)17)10-12(18-5-2)19-6-3/h7,9,12H,4-6,8,10H2,1-3H3. The Labute approximate surface area is 112 Å². The van der Waals surface area contributed by atoms with Crippen molar-refractivity contribution >= 4 is 0 Å². The van der Waals surface area contributed by atoms with Gasteiger partial charge in [-0.3, -0.25) is 9.36 Å². The Morgan fingerprint density at radius 3 is 2.32 bits per heavy atom. The normalized spacial score (nSPS) is 11.2. The first-order chi connectivity index (χ1) is 9.13. The van der Waals surface area contributed by atoms with Crippen molar-refractivity contribution in [3.8, 4) is 0 Å². The van der Waals surface area contributed by atoms with Gasteiger partial charge in [-0.15, -0.1) is 0 Å². The molecule has 1 aromatic heterocycles. The first-order valence-electron chi connectivity index (χ1n) is 6.67. The van der Waals surface area contributed by atoms with Gasteiger partial charge in [0.05, 0.1) is 6.54 Å². The van der Waals surface area contributed by atoms with Crippen molar-refractivity contribution in [1.29, 1.82) is 0 Å². The summed E-state index contributed by atoms with van der Waals surface area (Å²) in [6, 6.07) is 1.39. The highest BCUT2D eigenvalue weighted by molar-refractivity contribution is 4.86.